The number of ether oxygens (including phenoxy) is 2. The number of carbonyl (C=O) groups excluding carboxylic acids is 1. The average molecular weight is 252 g/mol. The van der Waals surface area contributed by atoms with Crippen LogP contribution < -0.4 is 9.47 Å². The van der Waals surface area contributed by atoms with Crippen molar-refractivity contribution in [2.24, 2.45) is 0 Å². The third-order valence-electron chi connectivity index (χ3n) is 2.37. The predicted octanol–water partition coefficient (Wildman–Crippen LogP) is 2.45. The van der Waals surface area contributed by atoms with E-state index in [-0.39, 0.29) is 12.6 Å². The number of carbonyl (C=O) groups is 1. The van der Waals surface area contributed by atoms with E-state index in [0.717, 1.165) is 5.56 Å². The van der Waals surface area contributed by atoms with Crippen LogP contribution in [0.25, 0.3) is 11.3 Å². The number of rotatable bonds is 2. The van der Waals surface area contributed by atoms with Gasteiger partial charge in [-0.25, -0.2) is 0 Å². The van der Waals surface area contributed by atoms with Crippen LogP contribution in [-0.2, 0) is 0 Å². The highest BCUT2D eigenvalue weighted by Gasteiger charge is 2.16. The smallest absolute Gasteiger partial charge is 0.290 e. The Bertz CT molecular complexity index is 593. The molecule has 2 heterocycles. The molecule has 17 heavy (non-hydrogen) atoms. The summed E-state index contributed by atoms with van der Waals surface area (Å²) in [6.45, 7) is 0.211. The lowest BCUT2D eigenvalue weighted by Crippen LogP contribution is -1.92. The maximum atomic E-state index is 10.9. The Balaban J connectivity index is 2.00. The lowest BCUT2D eigenvalue weighted by Gasteiger charge is -1.98. The molecule has 0 saturated carbocycles. The zero-order valence-corrected chi connectivity index (χ0v) is 9.23. The first kappa shape index (κ1) is 10.2. The standard InChI is InChI=1S/C11H6ClNO4/c12-11(14)10-4-7(13-17-10)6-1-2-8-9(3-6)16-5-15-8/h1-4H,5H2. The second-order valence-corrected chi connectivity index (χ2v) is 3.76. The molecule has 5 nitrogen and oxygen atoms in total. The fraction of sp³-hybridized carbons (Fsp3) is 0.0909. The highest BCUT2D eigenvalue weighted by atomic mass is 35.5. The van der Waals surface area contributed by atoms with Crippen molar-refractivity contribution in [1.29, 1.82) is 0 Å². The summed E-state index contributed by atoms with van der Waals surface area (Å²) in [7, 11) is 0. The van der Waals surface area contributed by atoms with Gasteiger partial charge in [-0.05, 0) is 29.8 Å². The number of fused-ring (bicyclic) bond motifs is 1. The Kier molecular flexibility index (Phi) is 2.26. The van der Waals surface area contributed by atoms with Gasteiger partial charge in [0.2, 0.25) is 12.6 Å². The van der Waals surface area contributed by atoms with Gasteiger partial charge >= 0.3 is 0 Å². The molecule has 1 aromatic carbocycles. The summed E-state index contributed by atoms with van der Waals surface area (Å²) in [5.41, 5.74) is 1.29. The Morgan fingerprint density at radius 3 is 2.82 bits per heavy atom. The van der Waals surface area contributed by atoms with Crippen molar-refractivity contribution in [3.63, 3.8) is 0 Å². The topological polar surface area (TPSA) is 61.6 Å². The molecule has 0 bridgehead atoms. The third-order valence-corrected chi connectivity index (χ3v) is 2.56. The van der Waals surface area contributed by atoms with Crippen LogP contribution in [0.2, 0.25) is 0 Å². The van der Waals surface area contributed by atoms with Gasteiger partial charge in [-0.1, -0.05) is 5.16 Å². The van der Waals surface area contributed by atoms with E-state index in [0.29, 0.717) is 17.2 Å². The van der Waals surface area contributed by atoms with Gasteiger partial charge in [0.15, 0.2) is 11.5 Å². The summed E-state index contributed by atoms with van der Waals surface area (Å²) in [6.07, 6.45) is 0. The molecule has 1 aliphatic rings. The van der Waals surface area contributed by atoms with Gasteiger partial charge in [-0.3, -0.25) is 4.79 Å². The molecular weight excluding hydrogens is 246 g/mol. The molecule has 0 radical (unpaired) electrons. The summed E-state index contributed by atoms with van der Waals surface area (Å²) < 4.78 is 15.2. The lowest BCUT2D eigenvalue weighted by atomic mass is 10.1. The maximum absolute atomic E-state index is 10.9. The first-order valence-corrected chi connectivity index (χ1v) is 5.18. The highest BCUT2D eigenvalue weighted by Crippen LogP contribution is 2.35. The van der Waals surface area contributed by atoms with Crippen LogP contribution in [0.15, 0.2) is 28.8 Å². The van der Waals surface area contributed by atoms with Crippen molar-refractivity contribution in [1.82, 2.24) is 5.16 Å². The minimum Gasteiger partial charge on any atom is -0.454 e. The largest absolute Gasteiger partial charge is 0.454 e. The average Bonchev–Trinajstić information content (AvgIpc) is 2.97. The van der Waals surface area contributed by atoms with E-state index in [1.165, 1.54) is 6.07 Å². The number of nitrogens with zero attached hydrogens (tertiary/aromatic N) is 1. The molecule has 3 rings (SSSR count). The van der Waals surface area contributed by atoms with Crippen LogP contribution in [0, 0.1) is 0 Å². The minimum atomic E-state index is -0.676. The predicted molar refractivity (Wildman–Crippen MR) is 58.2 cm³/mol. The second kappa shape index (κ2) is 3.78. The molecular formula is C11H6ClNO4. The van der Waals surface area contributed by atoms with Crippen molar-refractivity contribution < 1.29 is 18.8 Å². The van der Waals surface area contributed by atoms with Gasteiger partial charge in [-0.2, -0.15) is 0 Å². The minimum absolute atomic E-state index is 0.0133. The summed E-state index contributed by atoms with van der Waals surface area (Å²) >= 11 is 5.28. The zero-order chi connectivity index (χ0) is 11.8. The molecule has 0 amide bonds. The molecule has 2 aromatic rings. The molecule has 0 unspecified atom stereocenters. The fourth-order valence-corrected chi connectivity index (χ4v) is 1.65. The summed E-state index contributed by atoms with van der Waals surface area (Å²) in [6, 6.07) is 6.82. The summed E-state index contributed by atoms with van der Waals surface area (Å²) in [4.78, 5) is 10.9. The van der Waals surface area contributed by atoms with Crippen molar-refractivity contribution in [3.8, 4) is 22.8 Å². The molecule has 0 N–H and O–H groups in total. The Labute approximate surface area is 101 Å². The van der Waals surface area contributed by atoms with E-state index in [1.54, 1.807) is 18.2 Å². The first-order valence-electron chi connectivity index (χ1n) is 4.80. The van der Waals surface area contributed by atoms with Crippen LogP contribution in [-0.4, -0.2) is 17.2 Å². The summed E-state index contributed by atoms with van der Waals surface area (Å²) in [5, 5.41) is 3.08. The quantitative estimate of drug-likeness (QED) is 0.767. The highest BCUT2D eigenvalue weighted by molar-refractivity contribution is 6.67. The summed E-state index contributed by atoms with van der Waals surface area (Å²) in [5.74, 6) is 1.34. The van der Waals surface area contributed by atoms with E-state index in [1.807, 2.05) is 0 Å². The number of hydrogen-bond acceptors (Lipinski definition) is 5. The molecule has 6 heteroatoms. The van der Waals surface area contributed by atoms with Crippen molar-refractivity contribution in [2.45, 2.75) is 0 Å². The Morgan fingerprint density at radius 2 is 2.06 bits per heavy atom. The zero-order valence-electron chi connectivity index (χ0n) is 8.47. The number of halogens is 1. The number of hydrogen-bond donors (Lipinski definition) is 0. The SMILES string of the molecule is O=C(Cl)c1cc(-c2ccc3c(c2)OCO3)no1. The van der Waals surface area contributed by atoms with E-state index in [9.17, 15) is 4.79 Å². The van der Waals surface area contributed by atoms with Crippen LogP contribution in [0.4, 0.5) is 0 Å². The molecule has 0 spiro atoms. The van der Waals surface area contributed by atoms with Crippen LogP contribution in [0.3, 0.4) is 0 Å². The first-order chi connectivity index (χ1) is 8.24. The van der Waals surface area contributed by atoms with E-state index >= 15 is 0 Å². The molecule has 0 fully saturated rings. The lowest BCUT2D eigenvalue weighted by molar-refractivity contribution is 0.104. The van der Waals surface area contributed by atoms with E-state index in [2.05, 4.69) is 5.16 Å². The molecule has 0 aliphatic carbocycles. The second-order valence-electron chi connectivity index (χ2n) is 3.42. The van der Waals surface area contributed by atoms with Crippen molar-refractivity contribution in [3.05, 3.63) is 30.0 Å². The van der Waals surface area contributed by atoms with Crippen molar-refractivity contribution in [2.75, 3.05) is 6.79 Å². The Morgan fingerprint density at radius 1 is 1.24 bits per heavy atom. The van der Waals surface area contributed by atoms with Crippen LogP contribution >= 0.6 is 11.6 Å². The molecule has 1 aliphatic heterocycles. The van der Waals surface area contributed by atoms with E-state index < -0.39 is 5.24 Å². The van der Waals surface area contributed by atoms with Gasteiger partial charge in [0.1, 0.15) is 5.69 Å². The number of aromatic nitrogens is 1. The third kappa shape index (κ3) is 1.74. The number of benzene rings is 1. The molecule has 86 valence electrons. The Hall–Kier alpha value is -2.01. The molecule has 1 aromatic heterocycles. The van der Waals surface area contributed by atoms with Crippen LogP contribution in [0.1, 0.15) is 10.6 Å². The van der Waals surface area contributed by atoms with Crippen molar-refractivity contribution >= 4 is 16.8 Å². The van der Waals surface area contributed by atoms with Gasteiger partial charge in [-0.15, -0.1) is 0 Å². The van der Waals surface area contributed by atoms with Gasteiger partial charge < -0.3 is 14.0 Å². The normalized spacial score (nSPS) is 12.8. The van der Waals surface area contributed by atoms with Gasteiger partial charge in [0.05, 0.1) is 0 Å². The van der Waals surface area contributed by atoms with Crippen LogP contribution in [0.5, 0.6) is 11.5 Å². The van der Waals surface area contributed by atoms with Gasteiger partial charge in [0.25, 0.3) is 5.24 Å². The maximum Gasteiger partial charge on any atom is 0.290 e. The fourth-order valence-electron chi connectivity index (χ4n) is 1.56. The monoisotopic (exact) mass is 251 g/mol. The molecule has 0 atom stereocenters. The van der Waals surface area contributed by atoms with Gasteiger partial charge in [0, 0.05) is 11.6 Å². The molecule has 0 saturated heterocycles. The van der Waals surface area contributed by atoms with E-state index in [4.69, 9.17) is 25.6 Å².